The molecule has 0 bridgehead atoms. The Bertz CT molecular complexity index is 382. The van der Waals surface area contributed by atoms with Crippen molar-refractivity contribution >= 4 is 11.5 Å². The lowest BCUT2D eigenvalue weighted by Gasteiger charge is -2.10. The average Bonchev–Trinajstić information content (AvgIpc) is 2.25. The molecule has 1 heterocycles. The second kappa shape index (κ2) is 5.41. The van der Waals surface area contributed by atoms with E-state index < -0.39 is 4.92 Å². The van der Waals surface area contributed by atoms with E-state index in [4.69, 9.17) is 5.11 Å². The molecule has 0 spiro atoms. The Labute approximate surface area is 93.5 Å². The highest BCUT2D eigenvalue weighted by atomic mass is 16.6. The summed E-state index contributed by atoms with van der Waals surface area (Å²) >= 11 is 0. The summed E-state index contributed by atoms with van der Waals surface area (Å²) in [5.74, 6) is 0.284. The van der Waals surface area contributed by atoms with Crippen molar-refractivity contribution in [3.63, 3.8) is 0 Å². The molecule has 6 nitrogen and oxygen atoms in total. The monoisotopic (exact) mass is 225 g/mol. The first-order valence-corrected chi connectivity index (χ1v) is 5.01. The minimum Gasteiger partial charge on any atom is -0.396 e. The molecule has 16 heavy (non-hydrogen) atoms. The second-order valence-electron chi connectivity index (χ2n) is 3.75. The van der Waals surface area contributed by atoms with Crippen LogP contribution in [0.1, 0.15) is 12.5 Å². The first-order valence-electron chi connectivity index (χ1n) is 5.01. The van der Waals surface area contributed by atoms with Crippen LogP contribution in [0.5, 0.6) is 0 Å². The Hall–Kier alpha value is -1.69. The molecule has 88 valence electrons. The summed E-state index contributed by atoms with van der Waals surface area (Å²) in [4.78, 5) is 14.3. The van der Waals surface area contributed by atoms with Gasteiger partial charge in [-0.15, -0.1) is 0 Å². The molecule has 1 aromatic heterocycles. The quantitative estimate of drug-likeness (QED) is 0.583. The summed E-state index contributed by atoms with van der Waals surface area (Å²) in [6.45, 7) is 4.00. The number of nitro groups is 1. The molecular weight excluding hydrogens is 210 g/mol. The normalized spacial score (nSPS) is 12.2. The van der Waals surface area contributed by atoms with Crippen molar-refractivity contribution in [1.29, 1.82) is 0 Å². The van der Waals surface area contributed by atoms with Gasteiger partial charge in [0.05, 0.1) is 4.92 Å². The number of nitrogens with one attached hydrogen (secondary N) is 1. The van der Waals surface area contributed by atoms with Crippen LogP contribution in [0.4, 0.5) is 11.5 Å². The van der Waals surface area contributed by atoms with Crippen molar-refractivity contribution in [2.24, 2.45) is 5.92 Å². The number of rotatable bonds is 5. The van der Waals surface area contributed by atoms with Crippen LogP contribution in [0.15, 0.2) is 12.3 Å². The number of hydrogen-bond donors (Lipinski definition) is 2. The molecule has 0 aliphatic rings. The number of aromatic nitrogens is 1. The number of pyridine rings is 1. The van der Waals surface area contributed by atoms with Crippen molar-refractivity contribution in [3.05, 3.63) is 27.9 Å². The second-order valence-corrected chi connectivity index (χ2v) is 3.75. The van der Waals surface area contributed by atoms with Crippen LogP contribution in [0.3, 0.4) is 0 Å². The molecule has 0 aromatic carbocycles. The highest BCUT2D eigenvalue weighted by molar-refractivity contribution is 5.59. The molecule has 1 aromatic rings. The van der Waals surface area contributed by atoms with Gasteiger partial charge in [-0.3, -0.25) is 10.1 Å². The highest BCUT2D eigenvalue weighted by Crippen LogP contribution is 2.25. The van der Waals surface area contributed by atoms with Crippen molar-refractivity contribution in [1.82, 2.24) is 4.98 Å². The van der Waals surface area contributed by atoms with E-state index in [-0.39, 0.29) is 24.0 Å². The molecule has 0 radical (unpaired) electrons. The molecule has 0 amide bonds. The minimum atomic E-state index is -0.450. The molecule has 2 N–H and O–H groups in total. The fourth-order valence-electron chi connectivity index (χ4n) is 1.25. The van der Waals surface area contributed by atoms with Crippen LogP contribution in [0.25, 0.3) is 0 Å². The number of aliphatic hydroxyl groups excluding tert-OH is 1. The number of aliphatic hydroxyl groups is 1. The number of anilines is 1. The van der Waals surface area contributed by atoms with Crippen molar-refractivity contribution in [2.75, 3.05) is 18.5 Å². The first kappa shape index (κ1) is 12.4. The average molecular weight is 225 g/mol. The molecule has 6 heteroatoms. The Morgan fingerprint density at radius 3 is 2.94 bits per heavy atom. The molecule has 0 aliphatic heterocycles. The highest BCUT2D eigenvalue weighted by Gasteiger charge is 2.18. The van der Waals surface area contributed by atoms with E-state index in [2.05, 4.69) is 10.3 Å². The van der Waals surface area contributed by atoms with Gasteiger partial charge in [-0.05, 0) is 18.9 Å². The predicted molar refractivity (Wildman–Crippen MR) is 60.4 cm³/mol. The van der Waals surface area contributed by atoms with Gasteiger partial charge in [0.25, 0.3) is 0 Å². The fraction of sp³-hybridized carbons (Fsp3) is 0.500. The van der Waals surface area contributed by atoms with Gasteiger partial charge >= 0.3 is 5.69 Å². The molecule has 1 unspecified atom stereocenters. The molecular formula is C10H15N3O3. The van der Waals surface area contributed by atoms with Gasteiger partial charge in [0.2, 0.25) is 5.82 Å². The Balaban J connectivity index is 2.87. The summed E-state index contributed by atoms with van der Waals surface area (Å²) in [6.07, 6.45) is 1.52. The SMILES string of the molecule is Cc1ccnc(NCC(C)CO)c1[N+](=O)[O-]. The van der Waals surface area contributed by atoms with E-state index >= 15 is 0 Å². The third kappa shape index (κ3) is 2.90. The first-order chi connectivity index (χ1) is 7.56. The van der Waals surface area contributed by atoms with Gasteiger partial charge < -0.3 is 10.4 Å². The zero-order valence-corrected chi connectivity index (χ0v) is 9.30. The molecule has 0 saturated carbocycles. The lowest BCUT2D eigenvalue weighted by atomic mass is 10.2. The van der Waals surface area contributed by atoms with E-state index in [0.717, 1.165) is 0 Å². The third-order valence-electron chi connectivity index (χ3n) is 2.24. The number of aryl methyl sites for hydroxylation is 1. The standard InChI is InChI=1S/C10H15N3O3/c1-7(6-14)5-12-10-9(13(15)16)8(2)3-4-11-10/h3-4,7,14H,5-6H2,1-2H3,(H,11,12). The molecule has 0 aliphatic carbocycles. The topological polar surface area (TPSA) is 88.3 Å². The van der Waals surface area contributed by atoms with Crippen LogP contribution in [-0.4, -0.2) is 28.2 Å². The number of nitrogens with zero attached hydrogens (tertiary/aromatic N) is 2. The van der Waals surface area contributed by atoms with Gasteiger partial charge in [-0.1, -0.05) is 6.92 Å². The van der Waals surface area contributed by atoms with E-state index in [1.54, 1.807) is 13.0 Å². The lowest BCUT2D eigenvalue weighted by molar-refractivity contribution is -0.384. The minimum absolute atomic E-state index is 0.00682. The molecule has 1 atom stereocenters. The summed E-state index contributed by atoms with van der Waals surface area (Å²) in [5, 5.41) is 22.6. The van der Waals surface area contributed by atoms with Gasteiger partial charge in [0.15, 0.2) is 0 Å². The molecule has 0 saturated heterocycles. The largest absolute Gasteiger partial charge is 0.396 e. The Morgan fingerprint density at radius 2 is 2.38 bits per heavy atom. The van der Waals surface area contributed by atoms with Gasteiger partial charge in [-0.25, -0.2) is 4.98 Å². The van der Waals surface area contributed by atoms with Crippen molar-refractivity contribution in [3.8, 4) is 0 Å². The van der Waals surface area contributed by atoms with Gasteiger partial charge in [0.1, 0.15) is 0 Å². The lowest BCUT2D eigenvalue weighted by Crippen LogP contribution is -2.16. The maximum Gasteiger partial charge on any atom is 0.314 e. The maximum atomic E-state index is 10.8. The zero-order valence-electron chi connectivity index (χ0n) is 9.30. The summed E-state index contributed by atoms with van der Waals surface area (Å²) in [5.41, 5.74) is 0.562. The van der Waals surface area contributed by atoms with Gasteiger partial charge in [0, 0.05) is 24.9 Å². The van der Waals surface area contributed by atoms with E-state index in [1.807, 2.05) is 6.92 Å². The fourth-order valence-corrected chi connectivity index (χ4v) is 1.25. The predicted octanol–water partition coefficient (Wildman–Crippen LogP) is 1.34. The Morgan fingerprint density at radius 1 is 1.69 bits per heavy atom. The van der Waals surface area contributed by atoms with Crippen molar-refractivity contribution in [2.45, 2.75) is 13.8 Å². The molecule has 1 rings (SSSR count). The number of hydrogen-bond acceptors (Lipinski definition) is 5. The zero-order chi connectivity index (χ0) is 12.1. The van der Waals surface area contributed by atoms with Crippen LogP contribution < -0.4 is 5.32 Å². The van der Waals surface area contributed by atoms with E-state index in [9.17, 15) is 10.1 Å². The summed E-state index contributed by atoms with van der Waals surface area (Å²) in [6, 6.07) is 1.60. The maximum absolute atomic E-state index is 10.8. The van der Waals surface area contributed by atoms with Crippen LogP contribution in [0, 0.1) is 23.0 Å². The van der Waals surface area contributed by atoms with Gasteiger partial charge in [-0.2, -0.15) is 0 Å². The smallest absolute Gasteiger partial charge is 0.314 e. The molecule has 0 fully saturated rings. The van der Waals surface area contributed by atoms with Crippen molar-refractivity contribution < 1.29 is 10.0 Å². The summed E-state index contributed by atoms with van der Waals surface area (Å²) in [7, 11) is 0. The van der Waals surface area contributed by atoms with E-state index in [0.29, 0.717) is 12.1 Å². The van der Waals surface area contributed by atoms with Crippen LogP contribution in [0.2, 0.25) is 0 Å². The summed E-state index contributed by atoms with van der Waals surface area (Å²) < 4.78 is 0. The third-order valence-corrected chi connectivity index (χ3v) is 2.24. The van der Waals surface area contributed by atoms with Crippen LogP contribution in [-0.2, 0) is 0 Å². The van der Waals surface area contributed by atoms with E-state index in [1.165, 1.54) is 6.20 Å². The Kier molecular flexibility index (Phi) is 4.19. The van der Waals surface area contributed by atoms with Crippen LogP contribution >= 0.6 is 0 Å².